The van der Waals surface area contributed by atoms with Crippen LogP contribution in [0.4, 0.5) is 22.0 Å². The molecule has 0 amide bonds. The first kappa shape index (κ1) is 15.3. The van der Waals surface area contributed by atoms with Gasteiger partial charge < -0.3 is 5.32 Å². The highest BCUT2D eigenvalue weighted by Gasteiger charge is 2.36. The van der Waals surface area contributed by atoms with E-state index < -0.39 is 36.9 Å². The van der Waals surface area contributed by atoms with Gasteiger partial charge in [0.1, 0.15) is 5.78 Å². The third kappa shape index (κ3) is 6.28. The summed E-state index contributed by atoms with van der Waals surface area (Å²) in [5.74, 6) is -3.58. The van der Waals surface area contributed by atoms with Crippen molar-refractivity contribution in [3.63, 3.8) is 0 Å². The van der Waals surface area contributed by atoms with Gasteiger partial charge >= 0.3 is 6.18 Å². The molecule has 18 heavy (non-hydrogen) atoms. The van der Waals surface area contributed by atoms with E-state index in [2.05, 4.69) is 0 Å². The fourth-order valence-electron chi connectivity index (χ4n) is 2.19. The Kier molecular flexibility index (Phi) is 5.07. The van der Waals surface area contributed by atoms with Gasteiger partial charge in [-0.2, -0.15) is 13.2 Å². The predicted molar refractivity (Wildman–Crippen MR) is 55.5 cm³/mol. The van der Waals surface area contributed by atoms with E-state index in [1.165, 1.54) is 0 Å². The summed E-state index contributed by atoms with van der Waals surface area (Å²) in [6.45, 7) is -1.65. The van der Waals surface area contributed by atoms with E-state index in [1.54, 1.807) is 0 Å². The highest BCUT2D eigenvalue weighted by Crippen LogP contribution is 2.37. The van der Waals surface area contributed by atoms with Crippen molar-refractivity contribution < 1.29 is 26.7 Å². The quantitative estimate of drug-likeness (QED) is 0.780. The average Bonchev–Trinajstić information content (AvgIpc) is 2.13. The van der Waals surface area contributed by atoms with Crippen molar-refractivity contribution >= 4 is 5.78 Å². The van der Waals surface area contributed by atoms with E-state index in [1.807, 2.05) is 5.32 Å². The van der Waals surface area contributed by atoms with Gasteiger partial charge in [0.2, 0.25) is 5.92 Å². The molecule has 1 rings (SSSR count). The third-order valence-corrected chi connectivity index (χ3v) is 2.91. The number of halogens is 5. The maximum Gasteiger partial charge on any atom is 0.401 e. The van der Waals surface area contributed by atoms with Gasteiger partial charge in [-0.1, -0.05) is 0 Å². The zero-order valence-electron chi connectivity index (χ0n) is 9.83. The molecule has 1 unspecified atom stereocenters. The van der Waals surface area contributed by atoms with Crippen LogP contribution in [0.3, 0.4) is 0 Å². The van der Waals surface area contributed by atoms with Gasteiger partial charge in [-0.05, 0) is 18.8 Å². The van der Waals surface area contributed by atoms with Gasteiger partial charge in [0.25, 0.3) is 0 Å². The number of carbonyl (C=O) groups is 1. The van der Waals surface area contributed by atoms with Gasteiger partial charge in [0, 0.05) is 19.3 Å². The zero-order valence-corrected chi connectivity index (χ0v) is 9.83. The second-order valence-corrected chi connectivity index (χ2v) is 4.78. The fourth-order valence-corrected chi connectivity index (χ4v) is 2.19. The van der Waals surface area contributed by atoms with E-state index in [0.717, 1.165) is 0 Å². The minimum atomic E-state index is -4.36. The molecular weight excluding hydrogens is 257 g/mol. The second kappa shape index (κ2) is 5.95. The minimum absolute atomic E-state index is 0.0690. The second-order valence-electron chi connectivity index (χ2n) is 4.78. The van der Waals surface area contributed by atoms with Crippen LogP contribution in [0, 0.1) is 5.92 Å². The SMILES string of the molecule is O=C(CNCC(F)(F)F)CC1CCCC(F)(F)C1. The van der Waals surface area contributed by atoms with E-state index in [-0.39, 0.29) is 19.3 Å². The smallest absolute Gasteiger partial charge is 0.302 e. The maximum absolute atomic E-state index is 13.0. The van der Waals surface area contributed by atoms with Crippen molar-refractivity contribution in [1.82, 2.24) is 5.32 Å². The number of nitrogens with one attached hydrogen (secondary N) is 1. The highest BCUT2D eigenvalue weighted by molar-refractivity contribution is 5.80. The molecule has 1 atom stereocenters. The van der Waals surface area contributed by atoms with Gasteiger partial charge in [-0.15, -0.1) is 0 Å². The molecule has 0 aromatic rings. The molecule has 0 saturated heterocycles. The summed E-state index contributed by atoms with van der Waals surface area (Å²) in [5.41, 5.74) is 0. The Labute approximate surface area is 102 Å². The van der Waals surface area contributed by atoms with Crippen LogP contribution in [-0.4, -0.2) is 31.0 Å². The van der Waals surface area contributed by atoms with Gasteiger partial charge in [0.15, 0.2) is 0 Å². The number of hydrogen-bond donors (Lipinski definition) is 1. The number of ketones is 1. The first-order chi connectivity index (χ1) is 8.18. The molecule has 0 spiro atoms. The predicted octanol–water partition coefficient (Wildman–Crippen LogP) is 2.92. The van der Waals surface area contributed by atoms with Crippen molar-refractivity contribution in [2.45, 2.75) is 44.2 Å². The summed E-state index contributed by atoms with van der Waals surface area (Å²) >= 11 is 0. The molecule has 0 radical (unpaired) electrons. The summed E-state index contributed by atoms with van der Waals surface area (Å²) in [7, 11) is 0. The lowest BCUT2D eigenvalue weighted by Gasteiger charge is -2.28. The normalized spacial score (nSPS) is 23.9. The Morgan fingerprint density at radius 1 is 1.33 bits per heavy atom. The van der Waals surface area contributed by atoms with Crippen LogP contribution >= 0.6 is 0 Å². The molecule has 106 valence electrons. The van der Waals surface area contributed by atoms with Crippen LogP contribution in [0.25, 0.3) is 0 Å². The molecule has 0 aromatic heterocycles. The fraction of sp³-hybridized carbons (Fsp3) is 0.909. The number of carbonyl (C=O) groups excluding carboxylic acids is 1. The van der Waals surface area contributed by atoms with Gasteiger partial charge in [0.05, 0.1) is 13.1 Å². The van der Waals surface area contributed by atoms with Crippen LogP contribution in [0.1, 0.15) is 32.1 Å². The van der Waals surface area contributed by atoms with Gasteiger partial charge in [-0.25, -0.2) is 8.78 Å². The largest absolute Gasteiger partial charge is 0.401 e. The standard InChI is InChI=1S/C11H16F5NO/c12-10(13)3-1-2-8(5-10)4-9(18)6-17-7-11(14,15)16/h8,17H,1-7H2. The van der Waals surface area contributed by atoms with Crippen molar-refractivity contribution in [1.29, 1.82) is 0 Å². The minimum Gasteiger partial charge on any atom is -0.302 e. The van der Waals surface area contributed by atoms with Crippen LogP contribution in [0.5, 0.6) is 0 Å². The van der Waals surface area contributed by atoms with E-state index in [0.29, 0.717) is 12.8 Å². The number of alkyl halides is 5. The van der Waals surface area contributed by atoms with Gasteiger partial charge in [-0.3, -0.25) is 4.79 Å². The summed E-state index contributed by atoms with van der Waals surface area (Å²) in [4.78, 5) is 11.3. The van der Waals surface area contributed by atoms with E-state index in [4.69, 9.17) is 0 Å². The number of hydrogen-bond acceptors (Lipinski definition) is 2. The topological polar surface area (TPSA) is 29.1 Å². The molecule has 0 heterocycles. The molecule has 1 aliphatic carbocycles. The summed E-state index contributed by atoms with van der Waals surface area (Å²) in [5, 5.41) is 1.97. The molecule has 0 bridgehead atoms. The Morgan fingerprint density at radius 2 is 2.00 bits per heavy atom. The average molecular weight is 273 g/mol. The Balaban J connectivity index is 2.24. The molecule has 0 aromatic carbocycles. The summed E-state index contributed by atoms with van der Waals surface area (Å²) in [6, 6.07) is 0. The van der Waals surface area contributed by atoms with Crippen LogP contribution in [0.15, 0.2) is 0 Å². The third-order valence-electron chi connectivity index (χ3n) is 2.91. The molecule has 1 aliphatic rings. The first-order valence-electron chi connectivity index (χ1n) is 5.85. The van der Waals surface area contributed by atoms with Crippen molar-refractivity contribution in [3.05, 3.63) is 0 Å². The van der Waals surface area contributed by atoms with Crippen molar-refractivity contribution in [3.8, 4) is 0 Å². The summed E-state index contributed by atoms with van der Waals surface area (Å²) < 4.78 is 61.5. The lowest BCUT2D eigenvalue weighted by molar-refractivity contribution is -0.128. The molecule has 2 nitrogen and oxygen atoms in total. The first-order valence-corrected chi connectivity index (χ1v) is 5.85. The molecule has 1 saturated carbocycles. The molecule has 7 heteroatoms. The van der Waals surface area contributed by atoms with E-state index >= 15 is 0 Å². The van der Waals surface area contributed by atoms with E-state index in [9.17, 15) is 26.7 Å². The lowest BCUT2D eigenvalue weighted by Crippen LogP contribution is -2.34. The Morgan fingerprint density at radius 3 is 2.56 bits per heavy atom. The number of Topliss-reactive ketones (excluding diaryl/α,β-unsaturated/α-hetero) is 1. The molecular formula is C11H16F5NO. The molecule has 0 aliphatic heterocycles. The molecule has 1 fully saturated rings. The maximum atomic E-state index is 13.0. The van der Waals surface area contributed by atoms with Crippen molar-refractivity contribution in [2.75, 3.05) is 13.1 Å². The Hall–Kier alpha value is -0.720. The number of rotatable bonds is 5. The Bertz CT molecular complexity index is 290. The van der Waals surface area contributed by atoms with Crippen LogP contribution in [0.2, 0.25) is 0 Å². The highest BCUT2D eigenvalue weighted by atomic mass is 19.4. The summed E-state index contributed by atoms with van der Waals surface area (Å²) in [6.07, 6.45) is -4.03. The van der Waals surface area contributed by atoms with Crippen LogP contribution in [-0.2, 0) is 4.79 Å². The lowest BCUT2D eigenvalue weighted by atomic mass is 9.83. The van der Waals surface area contributed by atoms with Crippen LogP contribution < -0.4 is 5.32 Å². The van der Waals surface area contributed by atoms with Crippen molar-refractivity contribution in [2.24, 2.45) is 5.92 Å². The zero-order chi connectivity index (χ0) is 13.8. The molecule has 1 N–H and O–H groups in total. The monoisotopic (exact) mass is 273 g/mol.